The number of hydrogen-bond donors (Lipinski definition) is 2. The summed E-state index contributed by atoms with van der Waals surface area (Å²) in [5, 5.41) is 12.0. The lowest BCUT2D eigenvalue weighted by Crippen LogP contribution is -2.51. The Kier molecular flexibility index (Phi) is 6.45. The molecule has 5 rings (SSSR count). The SMILES string of the molecule is CN=C(C=CN)c1cccc(-n2c(Cl)cc3c(=O)n(CC4(O)CCN(C(=O)C5(C)CC5)CC4)cnc32)c1. The summed E-state index contributed by atoms with van der Waals surface area (Å²) < 4.78 is 3.15. The average molecular weight is 523 g/mol. The molecule has 0 spiro atoms. The molecule has 1 aliphatic heterocycles. The highest BCUT2D eigenvalue weighted by Crippen LogP contribution is 2.47. The van der Waals surface area contributed by atoms with E-state index >= 15 is 0 Å². The van der Waals surface area contributed by atoms with Crippen LogP contribution >= 0.6 is 11.6 Å². The molecule has 0 radical (unpaired) electrons. The summed E-state index contributed by atoms with van der Waals surface area (Å²) in [6.45, 7) is 3.07. The minimum Gasteiger partial charge on any atom is -0.405 e. The number of nitrogens with zero attached hydrogens (tertiary/aromatic N) is 5. The molecule has 9 nitrogen and oxygen atoms in total. The van der Waals surface area contributed by atoms with Crippen LogP contribution in [0.2, 0.25) is 5.15 Å². The quantitative estimate of drug-likeness (QED) is 0.482. The van der Waals surface area contributed by atoms with Crippen molar-refractivity contribution in [3.05, 3.63) is 70.0 Å². The number of aromatic nitrogens is 3. The van der Waals surface area contributed by atoms with Gasteiger partial charge in [-0.05, 0) is 56.2 Å². The number of amides is 1. The topological polar surface area (TPSA) is 119 Å². The van der Waals surface area contributed by atoms with E-state index in [-0.39, 0.29) is 23.4 Å². The summed E-state index contributed by atoms with van der Waals surface area (Å²) in [5.74, 6) is 0.172. The molecule has 194 valence electrons. The molecule has 3 heterocycles. The van der Waals surface area contributed by atoms with E-state index in [9.17, 15) is 14.7 Å². The van der Waals surface area contributed by atoms with Crippen molar-refractivity contribution in [2.75, 3.05) is 20.1 Å². The fraction of sp³-hybridized carbons (Fsp3) is 0.407. The first kappa shape index (κ1) is 25.2. The third kappa shape index (κ3) is 4.69. The number of carbonyl (C=O) groups excluding carboxylic acids is 1. The van der Waals surface area contributed by atoms with Crippen LogP contribution in [0.3, 0.4) is 0 Å². The average Bonchev–Trinajstić information content (AvgIpc) is 3.55. The van der Waals surface area contributed by atoms with E-state index in [4.69, 9.17) is 17.3 Å². The first-order valence-electron chi connectivity index (χ1n) is 12.4. The molecule has 0 unspecified atom stereocenters. The van der Waals surface area contributed by atoms with E-state index in [1.54, 1.807) is 23.8 Å². The third-order valence-corrected chi connectivity index (χ3v) is 7.88. The van der Waals surface area contributed by atoms with Gasteiger partial charge in [0.05, 0.1) is 23.2 Å². The number of nitrogens with two attached hydrogens (primary N) is 1. The van der Waals surface area contributed by atoms with Crippen LogP contribution in [-0.4, -0.2) is 61.5 Å². The molecule has 3 N–H and O–H groups in total. The number of aliphatic hydroxyl groups is 1. The van der Waals surface area contributed by atoms with Crippen LogP contribution in [0.1, 0.15) is 38.2 Å². The minimum atomic E-state index is -1.09. The predicted octanol–water partition coefficient (Wildman–Crippen LogP) is 2.89. The fourth-order valence-corrected chi connectivity index (χ4v) is 5.31. The van der Waals surface area contributed by atoms with Crippen molar-refractivity contribution in [3.63, 3.8) is 0 Å². The molecular formula is C27H31ClN6O3. The lowest BCUT2D eigenvalue weighted by Gasteiger charge is -2.39. The second-order valence-electron chi connectivity index (χ2n) is 10.3. The van der Waals surface area contributed by atoms with Gasteiger partial charge in [0.1, 0.15) is 11.5 Å². The smallest absolute Gasteiger partial charge is 0.262 e. The molecule has 1 saturated heterocycles. The van der Waals surface area contributed by atoms with E-state index in [0.29, 0.717) is 47.8 Å². The molecule has 37 heavy (non-hydrogen) atoms. The molecule has 1 aromatic carbocycles. The Bertz CT molecular complexity index is 1480. The van der Waals surface area contributed by atoms with Gasteiger partial charge in [-0.3, -0.25) is 23.7 Å². The highest BCUT2D eigenvalue weighted by molar-refractivity contribution is 6.31. The maximum atomic E-state index is 13.4. The van der Waals surface area contributed by atoms with Crippen LogP contribution in [0.25, 0.3) is 16.7 Å². The fourth-order valence-electron chi connectivity index (χ4n) is 5.02. The highest BCUT2D eigenvalue weighted by atomic mass is 35.5. The van der Waals surface area contributed by atoms with Gasteiger partial charge in [0.15, 0.2) is 5.65 Å². The van der Waals surface area contributed by atoms with Crippen LogP contribution in [0, 0.1) is 5.41 Å². The maximum absolute atomic E-state index is 13.4. The maximum Gasteiger partial charge on any atom is 0.262 e. The molecule has 2 aliphatic rings. The number of likely N-dealkylation sites (tertiary alicyclic amines) is 1. The summed E-state index contributed by atoms with van der Waals surface area (Å²) in [7, 11) is 1.69. The Morgan fingerprint density at radius 1 is 1.24 bits per heavy atom. The number of halogens is 1. The van der Waals surface area contributed by atoms with Crippen LogP contribution in [-0.2, 0) is 11.3 Å². The Labute approximate surface area is 219 Å². The van der Waals surface area contributed by atoms with Gasteiger partial charge in [0.2, 0.25) is 5.91 Å². The molecule has 3 aromatic rings. The first-order chi connectivity index (χ1) is 17.7. The van der Waals surface area contributed by atoms with Crippen molar-refractivity contribution >= 4 is 34.3 Å². The zero-order valence-electron chi connectivity index (χ0n) is 21.0. The Morgan fingerprint density at radius 3 is 2.62 bits per heavy atom. The Morgan fingerprint density at radius 2 is 1.97 bits per heavy atom. The van der Waals surface area contributed by atoms with Gasteiger partial charge in [-0.1, -0.05) is 30.7 Å². The number of piperidine rings is 1. The van der Waals surface area contributed by atoms with Crippen molar-refractivity contribution in [2.45, 2.75) is 44.8 Å². The van der Waals surface area contributed by atoms with Crippen LogP contribution in [0.5, 0.6) is 0 Å². The van der Waals surface area contributed by atoms with E-state index in [1.807, 2.05) is 36.1 Å². The molecule has 10 heteroatoms. The van der Waals surface area contributed by atoms with Gasteiger partial charge >= 0.3 is 0 Å². The van der Waals surface area contributed by atoms with Gasteiger partial charge in [-0.2, -0.15) is 0 Å². The molecule has 0 bridgehead atoms. The second-order valence-corrected chi connectivity index (χ2v) is 10.7. The van der Waals surface area contributed by atoms with E-state index in [1.165, 1.54) is 17.1 Å². The molecule has 1 amide bonds. The van der Waals surface area contributed by atoms with Crippen molar-refractivity contribution in [3.8, 4) is 5.69 Å². The summed E-state index contributed by atoms with van der Waals surface area (Å²) in [5.41, 5.74) is 6.67. The van der Waals surface area contributed by atoms with Crippen molar-refractivity contribution < 1.29 is 9.90 Å². The summed E-state index contributed by atoms with van der Waals surface area (Å²) in [6, 6.07) is 9.17. The number of allylic oxidation sites excluding steroid dienone is 1. The molecule has 2 fully saturated rings. The van der Waals surface area contributed by atoms with Gasteiger partial charge in [-0.25, -0.2) is 4.98 Å². The zero-order chi connectivity index (χ0) is 26.4. The largest absolute Gasteiger partial charge is 0.405 e. The van der Waals surface area contributed by atoms with Crippen molar-refractivity contribution in [1.82, 2.24) is 19.0 Å². The van der Waals surface area contributed by atoms with Crippen molar-refractivity contribution in [2.24, 2.45) is 16.1 Å². The van der Waals surface area contributed by atoms with E-state index in [2.05, 4.69) is 9.98 Å². The number of benzene rings is 1. The monoisotopic (exact) mass is 522 g/mol. The third-order valence-electron chi connectivity index (χ3n) is 7.60. The van der Waals surface area contributed by atoms with Crippen LogP contribution < -0.4 is 11.3 Å². The lowest BCUT2D eigenvalue weighted by atomic mass is 9.90. The number of hydrogen-bond acceptors (Lipinski definition) is 6. The van der Waals surface area contributed by atoms with E-state index in [0.717, 1.165) is 24.1 Å². The number of rotatable bonds is 6. The molecular weight excluding hydrogens is 492 g/mol. The van der Waals surface area contributed by atoms with Crippen LogP contribution in [0.4, 0.5) is 0 Å². The normalized spacial score (nSPS) is 19.0. The van der Waals surface area contributed by atoms with Gasteiger partial charge in [-0.15, -0.1) is 0 Å². The minimum absolute atomic E-state index is 0.105. The second kappa shape index (κ2) is 9.46. The predicted molar refractivity (Wildman–Crippen MR) is 144 cm³/mol. The number of aliphatic imine (C=N–C) groups is 1. The molecule has 0 atom stereocenters. The van der Waals surface area contributed by atoms with Gasteiger partial charge in [0.25, 0.3) is 5.56 Å². The van der Waals surface area contributed by atoms with Crippen LogP contribution in [0.15, 0.2) is 58.7 Å². The summed E-state index contributed by atoms with van der Waals surface area (Å²) >= 11 is 6.58. The molecule has 1 saturated carbocycles. The highest BCUT2D eigenvalue weighted by Gasteiger charge is 2.48. The summed E-state index contributed by atoms with van der Waals surface area (Å²) in [6.07, 6.45) is 7.27. The zero-order valence-corrected chi connectivity index (χ0v) is 21.8. The standard InChI is InChI=1S/C27H31ClN6O3/c1-26(7-8-26)25(36)32-12-9-27(37,10-13-32)16-33-17-31-23-20(24(33)35)15-22(28)34(23)19-5-3-4-18(14-19)21(30-2)6-11-29/h3-6,11,14-15,17,37H,7-10,12-13,16,29H2,1-2H3. The van der Waals surface area contributed by atoms with Gasteiger partial charge < -0.3 is 15.7 Å². The van der Waals surface area contributed by atoms with Crippen molar-refractivity contribution in [1.29, 1.82) is 0 Å². The number of carbonyl (C=O) groups is 1. The summed E-state index contributed by atoms with van der Waals surface area (Å²) in [4.78, 5) is 36.7. The Balaban J connectivity index is 1.41. The number of fused-ring (bicyclic) bond motifs is 1. The Hall–Kier alpha value is -3.43. The first-order valence-corrected chi connectivity index (χ1v) is 12.8. The van der Waals surface area contributed by atoms with Gasteiger partial charge in [0, 0.05) is 36.8 Å². The lowest BCUT2D eigenvalue weighted by molar-refractivity contribution is -0.141. The molecule has 1 aliphatic carbocycles. The molecule has 2 aromatic heterocycles. The van der Waals surface area contributed by atoms with E-state index < -0.39 is 5.60 Å².